The van der Waals surface area contributed by atoms with Crippen molar-refractivity contribution in [2.45, 2.75) is 26.3 Å². The van der Waals surface area contributed by atoms with Crippen molar-refractivity contribution in [1.29, 1.82) is 0 Å². The Morgan fingerprint density at radius 2 is 1.89 bits per heavy atom. The van der Waals surface area contributed by atoms with Crippen molar-refractivity contribution in [1.82, 2.24) is 10.2 Å². The number of nitrogens with one attached hydrogen (secondary N) is 1. The molecule has 1 aliphatic heterocycles. The van der Waals surface area contributed by atoms with Gasteiger partial charge in [-0.15, -0.1) is 17.3 Å². The van der Waals surface area contributed by atoms with Crippen molar-refractivity contribution < 1.29 is 19.4 Å². The van der Waals surface area contributed by atoms with Crippen molar-refractivity contribution in [3.05, 3.63) is 39.6 Å². The first kappa shape index (κ1) is 22.7. The maximum Gasteiger partial charge on any atom is 0.277 e. The Hall–Kier alpha value is -2.32. The van der Waals surface area contributed by atoms with Crippen LogP contribution in [-0.4, -0.2) is 49.8 Å². The van der Waals surface area contributed by atoms with Gasteiger partial charge in [-0.1, -0.05) is 0 Å². The number of halogens is 1. The monoisotopic (exact) mass is 399 g/mol. The predicted molar refractivity (Wildman–Crippen MR) is 105 cm³/mol. The van der Waals surface area contributed by atoms with Crippen LogP contribution in [0.5, 0.6) is 11.5 Å². The van der Waals surface area contributed by atoms with Crippen LogP contribution < -0.4 is 14.8 Å². The summed E-state index contributed by atoms with van der Waals surface area (Å²) in [7, 11) is 3.26. The lowest BCUT2D eigenvalue weighted by molar-refractivity contribution is -0.117. The van der Waals surface area contributed by atoms with Crippen LogP contribution >= 0.6 is 12.4 Å². The molecule has 1 aliphatic rings. The number of nitroso groups, excluding NO2 is 1. The van der Waals surface area contributed by atoms with Crippen LogP contribution in [0.2, 0.25) is 0 Å². The lowest BCUT2D eigenvalue weighted by Gasteiger charge is -2.29. The standard InChI is InChI=1S/C18H25N3O5.ClH/c1-12(22)17(20-24)18(23)19-6-4-7-21-8-5-13-9-15(25-2)16(26-3)10-14(13)11-21;/h9-10,22H,4-8,11H2,1-3H3,(H,19,23);1H. The second kappa shape index (κ2) is 10.7. The van der Waals surface area contributed by atoms with Crippen LogP contribution in [0.1, 0.15) is 24.5 Å². The predicted octanol–water partition coefficient (Wildman–Crippen LogP) is 2.55. The van der Waals surface area contributed by atoms with Gasteiger partial charge in [0.2, 0.25) is 5.70 Å². The fourth-order valence-electron chi connectivity index (χ4n) is 2.99. The van der Waals surface area contributed by atoms with Crippen molar-refractivity contribution in [3.63, 3.8) is 0 Å². The summed E-state index contributed by atoms with van der Waals surface area (Å²) < 4.78 is 10.7. The average Bonchev–Trinajstić information content (AvgIpc) is 2.64. The number of aliphatic hydroxyl groups excluding tert-OH is 1. The summed E-state index contributed by atoms with van der Waals surface area (Å²) in [4.78, 5) is 24.5. The molecular formula is C18H26ClN3O5. The Morgan fingerprint density at radius 3 is 2.44 bits per heavy atom. The Balaban J connectivity index is 0.00000364. The first-order valence-electron chi connectivity index (χ1n) is 8.47. The molecule has 0 atom stereocenters. The van der Waals surface area contributed by atoms with E-state index in [1.54, 1.807) is 14.2 Å². The summed E-state index contributed by atoms with van der Waals surface area (Å²) >= 11 is 0. The summed E-state index contributed by atoms with van der Waals surface area (Å²) in [5, 5.41) is 14.4. The SMILES string of the molecule is COc1cc2c(cc1OC)CN(CCCNC(=O)C(N=O)=C(C)O)CC2.Cl. The van der Waals surface area contributed by atoms with Gasteiger partial charge in [-0.2, -0.15) is 0 Å². The molecule has 2 rings (SSSR count). The number of ether oxygens (including phenoxy) is 2. The molecule has 0 bridgehead atoms. The minimum Gasteiger partial charge on any atom is -0.510 e. The number of carbonyl (C=O) groups is 1. The molecular weight excluding hydrogens is 374 g/mol. The Bertz CT molecular complexity index is 704. The van der Waals surface area contributed by atoms with Crippen LogP contribution in [-0.2, 0) is 17.8 Å². The zero-order valence-electron chi connectivity index (χ0n) is 15.8. The number of rotatable bonds is 8. The van der Waals surface area contributed by atoms with Crippen molar-refractivity contribution in [3.8, 4) is 11.5 Å². The summed E-state index contributed by atoms with van der Waals surface area (Å²) in [6.45, 7) is 4.19. The summed E-state index contributed by atoms with van der Waals surface area (Å²) in [6, 6.07) is 4.04. The van der Waals surface area contributed by atoms with Gasteiger partial charge in [-0.05, 0) is 48.2 Å². The van der Waals surface area contributed by atoms with Crippen molar-refractivity contribution in [2.75, 3.05) is 33.9 Å². The molecule has 1 amide bonds. The van der Waals surface area contributed by atoms with Crippen LogP contribution in [0.15, 0.2) is 28.8 Å². The molecule has 0 unspecified atom stereocenters. The third kappa shape index (κ3) is 5.83. The maximum atomic E-state index is 11.7. The largest absolute Gasteiger partial charge is 0.510 e. The number of methoxy groups -OCH3 is 2. The number of hydrogen-bond acceptors (Lipinski definition) is 7. The molecule has 0 saturated heterocycles. The van der Waals surface area contributed by atoms with Gasteiger partial charge in [-0.25, -0.2) is 0 Å². The molecule has 1 aromatic rings. The Labute approximate surface area is 164 Å². The lowest BCUT2D eigenvalue weighted by atomic mass is 9.98. The normalized spacial score (nSPS) is 14.3. The fraction of sp³-hybridized carbons (Fsp3) is 0.500. The molecule has 0 aliphatic carbocycles. The van der Waals surface area contributed by atoms with Gasteiger partial charge in [0.05, 0.1) is 14.2 Å². The lowest BCUT2D eigenvalue weighted by Crippen LogP contribution is -2.34. The number of allylic oxidation sites excluding steroid dienone is 1. The van der Waals surface area contributed by atoms with Crippen LogP contribution in [0.3, 0.4) is 0 Å². The molecule has 8 nitrogen and oxygen atoms in total. The summed E-state index contributed by atoms with van der Waals surface area (Å²) in [5.74, 6) is 0.435. The van der Waals surface area contributed by atoms with E-state index in [0.29, 0.717) is 6.54 Å². The first-order chi connectivity index (χ1) is 12.5. The van der Waals surface area contributed by atoms with E-state index in [0.717, 1.165) is 44.0 Å². The van der Waals surface area contributed by atoms with Crippen molar-refractivity contribution in [2.24, 2.45) is 5.18 Å². The highest BCUT2D eigenvalue weighted by atomic mass is 35.5. The molecule has 2 N–H and O–H groups in total. The number of fused-ring (bicyclic) bond motifs is 1. The highest BCUT2D eigenvalue weighted by Crippen LogP contribution is 2.33. The molecule has 9 heteroatoms. The third-order valence-corrected chi connectivity index (χ3v) is 4.38. The Kier molecular flexibility index (Phi) is 9.04. The molecule has 0 spiro atoms. The minimum absolute atomic E-state index is 0. The molecule has 0 aromatic heterocycles. The zero-order chi connectivity index (χ0) is 19.1. The maximum absolute atomic E-state index is 11.7. The minimum atomic E-state index is -0.652. The van der Waals surface area contributed by atoms with E-state index in [1.165, 1.54) is 18.1 Å². The summed E-state index contributed by atoms with van der Waals surface area (Å²) in [6.07, 6.45) is 1.65. The van der Waals surface area contributed by atoms with E-state index in [-0.39, 0.29) is 18.2 Å². The number of hydrogen-bond donors (Lipinski definition) is 2. The number of carbonyl (C=O) groups excluding carboxylic acids is 1. The molecule has 0 saturated carbocycles. The van der Waals surface area contributed by atoms with E-state index >= 15 is 0 Å². The van der Waals surface area contributed by atoms with Gasteiger partial charge in [0, 0.05) is 26.2 Å². The first-order valence-corrected chi connectivity index (χ1v) is 8.47. The second-order valence-corrected chi connectivity index (χ2v) is 6.14. The van der Waals surface area contributed by atoms with E-state index < -0.39 is 11.6 Å². The van der Waals surface area contributed by atoms with Gasteiger partial charge in [0.25, 0.3) is 5.91 Å². The Morgan fingerprint density at radius 1 is 1.26 bits per heavy atom. The van der Waals surface area contributed by atoms with Gasteiger partial charge in [0.15, 0.2) is 11.5 Å². The number of nitrogens with zero attached hydrogens (tertiary/aromatic N) is 2. The van der Waals surface area contributed by atoms with Gasteiger partial charge in [-0.3, -0.25) is 9.69 Å². The topological polar surface area (TPSA) is 100 Å². The number of aliphatic hydroxyl groups is 1. The zero-order valence-corrected chi connectivity index (χ0v) is 16.6. The molecule has 150 valence electrons. The highest BCUT2D eigenvalue weighted by molar-refractivity contribution is 5.93. The van der Waals surface area contributed by atoms with Crippen molar-refractivity contribution >= 4 is 18.3 Å². The van der Waals surface area contributed by atoms with E-state index in [2.05, 4.69) is 15.4 Å². The van der Waals surface area contributed by atoms with E-state index in [1.807, 2.05) is 12.1 Å². The quantitative estimate of drug-likeness (QED) is 0.301. The molecule has 0 radical (unpaired) electrons. The highest BCUT2D eigenvalue weighted by Gasteiger charge is 2.19. The number of amides is 1. The molecule has 27 heavy (non-hydrogen) atoms. The molecule has 1 aromatic carbocycles. The van der Waals surface area contributed by atoms with Crippen LogP contribution in [0.4, 0.5) is 0 Å². The second-order valence-electron chi connectivity index (χ2n) is 6.14. The third-order valence-electron chi connectivity index (χ3n) is 4.38. The van der Waals surface area contributed by atoms with E-state index in [9.17, 15) is 14.8 Å². The summed E-state index contributed by atoms with van der Waals surface area (Å²) in [5.41, 5.74) is 2.00. The molecule has 0 fully saturated rings. The fourth-order valence-corrected chi connectivity index (χ4v) is 2.99. The van der Waals surface area contributed by atoms with Gasteiger partial charge < -0.3 is 19.9 Å². The smallest absolute Gasteiger partial charge is 0.277 e. The van der Waals surface area contributed by atoms with E-state index in [4.69, 9.17) is 9.47 Å². The van der Waals surface area contributed by atoms with Gasteiger partial charge >= 0.3 is 0 Å². The average molecular weight is 400 g/mol. The van der Waals surface area contributed by atoms with Crippen LogP contribution in [0, 0.1) is 4.91 Å². The van der Waals surface area contributed by atoms with Gasteiger partial charge in [0.1, 0.15) is 5.76 Å². The number of benzene rings is 1. The van der Waals surface area contributed by atoms with Crippen LogP contribution in [0.25, 0.3) is 0 Å². The molecule has 1 heterocycles.